The predicted molar refractivity (Wildman–Crippen MR) is 143 cm³/mol. The van der Waals surface area contributed by atoms with E-state index >= 15 is 0 Å². The van der Waals surface area contributed by atoms with Crippen molar-refractivity contribution in [2.24, 2.45) is 4.99 Å². The largest absolute Gasteiger partial charge is 0.467 e. The lowest BCUT2D eigenvalue weighted by molar-refractivity contribution is -0.150. The molecule has 0 heterocycles. The minimum atomic E-state index is -1.41. The number of carbonyl (C=O) groups is 1. The second kappa shape index (κ2) is 10.3. The topological polar surface area (TPSA) is 38.7 Å². The molecule has 0 aromatic heterocycles. The fourth-order valence-corrected chi connectivity index (χ4v) is 4.67. The number of hydrogen-bond donors (Lipinski definition) is 0. The fourth-order valence-electron chi connectivity index (χ4n) is 4.54. The Hall–Kier alpha value is -3.69. The quantitative estimate of drug-likeness (QED) is 0.206. The maximum Gasteiger partial charge on any atom is 0.339 e. The number of ether oxygens (including phenoxy) is 1. The molecule has 0 radical (unpaired) electrons. The normalized spacial score (nSPS) is 12.9. The molecule has 4 aromatic carbocycles. The number of rotatable bonds is 7. The van der Waals surface area contributed by atoms with Gasteiger partial charge in [-0.05, 0) is 23.3 Å². The third kappa shape index (κ3) is 4.65. The monoisotopic (exact) mass is 481 g/mol. The maximum absolute atomic E-state index is 14.0. The van der Waals surface area contributed by atoms with E-state index in [0.29, 0.717) is 16.3 Å². The number of carbonyl (C=O) groups excluding carboxylic acids is 1. The maximum atomic E-state index is 14.0. The van der Waals surface area contributed by atoms with Gasteiger partial charge in [-0.25, -0.2) is 4.79 Å². The SMILES string of the molecule is COC(=O)C(N=C(c1ccccc1)c1ccccc1)(c1ccc(Cl)cc1)C(C)(C)c1ccccc1. The molecule has 4 aromatic rings. The molecule has 176 valence electrons. The van der Waals surface area contributed by atoms with Crippen LogP contribution in [0.15, 0.2) is 120 Å². The molecule has 0 spiro atoms. The second-order valence-corrected chi connectivity index (χ2v) is 9.33. The van der Waals surface area contributed by atoms with Crippen LogP contribution in [-0.2, 0) is 20.5 Å². The van der Waals surface area contributed by atoms with Gasteiger partial charge in [-0.3, -0.25) is 4.99 Å². The Labute approximate surface area is 212 Å². The van der Waals surface area contributed by atoms with Crippen LogP contribution in [0.5, 0.6) is 0 Å². The first-order chi connectivity index (χ1) is 16.9. The molecule has 0 aliphatic heterocycles. The first kappa shape index (κ1) is 24.4. The average Bonchev–Trinajstić information content (AvgIpc) is 2.91. The third-order valence-electron chi connectivity index (χ3n) is 6.52. The van der Waals surface area contributed by atoms with Gasteiger partial charge in [0.15, 0.2) is 5.54 Å². The Bertz CT molecular complexity index is 1260. The van der Waals surface area contributed by atoms with Crippen LogP contribution in [0.25, 0.3) is 0 Å². The number of halogens is 1. The first-order valence-corrected chi connectivity index (χ1v) is 11.9. The summed E-state index contributed by atoms with van der Waals surface area (Å²) in [5.74, 6) is -0.446. The van der Waals surface area contributed by atoms with Crippen molar-refractivity contribution in [1.82, 2.24) is 0 Å². The Morgan fingerprint density at radius 2 is 1.14 bits per heavy atom. The van der Waals surface area contributed by atoms with Crippen molar-refractivity contribution in [3.63, 3.8) is 0 Å². The van der Waals surface area contributed by atoms with Crippen molar-refractivity contribution in [2.45, 2.75) is 24.8 Å². The van der Waals surface area contributed by atoms with E-state index in [2.05, 4.69) is 0 Å². The van der Waals surface area contributed by atoms with Crippen molar-refractivity contribution in [1.29, 1.82) is 0 Å². The lowest BCUT2D eigenvalue weighted by Gasteiger charge is -2.43. The van der Waals surface area contributed by atoms with E-state index in [9.17, 15) is 4.79 Å². The van der Waals surface area contributed by atoms with Gasteiger partial charge in [0.05, 0.1) is 12.8 Å². The summed E-state index contributed by atoms with van der Waals surface area (Å²) in [6, 6.07) is 37.1. The van der Waals surface area contributed by atoms with E-state index in [1.165, 1.54) is 7.11 Å². The number of aliphatic imine (C=N–C) groups is 1. The van der Waals surface area contributed by atoms with E-state index in [1.54, 1.807) is 12.1 Å². The van der Waals surface area contributed by atoms with Gasteiger partial charge in [-0.2, -0.15) is 0 Å². The summed E-state index contributed by atoms with van der Waals surface area (Å²) in [5, 5.41) is 0.584. The fraction of sp³-hybridized carbons (Fsp3) is 0.161. The summed E-state index contributed by atoms with van der Waals surface area (Å²) in [6.45, 7) is 4.07. The number of esters is 1. The summed E-state index contributed by atoms with van der Waals surface area (Å²) in [7, 11) is 1.41. The summed E-state index contributed by atoms with van der Waals surface area (Å²) in [5.41, 5.74) is 1.99. The molecule has 0 bridgehead atoms. The smallest absolute Gasteiger partial charge is 0.339 e. The summed E-state index contributed by atoms with van der Waals surface area (Å²) >= 11 is 6.25. The van der Waals surface area contributed by atoms with Gasteiger partial charge in [0.1, 0.15) is 0 Å². The highest BCUT2D eigenvalue weighted by Gasteiger charge is 2.55. The molecule has 35 heavy (non-hydrogen) atoms. The average molecular weight is 482 g/mol. The minimum Gasteiger partial charge on any atom is -0.467 e. The van der Waals surface area contributed by atoms with Gasteiger partial charge in [-0.1, -0.05) is 129 Å². The number of hydrogen-bond acceptors (Lipinski definition) is 3. The lowest BCUT2D eigenvalue weighted by atomic mass is 9.64. The molecule has 4 heteroatoms. The van der Waals surface area contributed by atoms with Gasteiger partial charge in [0, 0.05) is 21.6 Å². The van der Waals surface area contributed by atoms with Gasteiger partial charge >= 0.3 is 5.97 Å². The zero-order valence-corrected chi connectivity index (χ0v) is 20.9. The van der Waals surface area contributed by atoms with Crippen LogP contribution in [0.2, 0.25) is 5.02 Å². The molecular formula is C31H28ClNO2. The Kier molecular flexibility index (Phi) is 7.18. The van der Waals surface area contributed by atoms with Crippen LogP contribution in [0, 0.1) is 0 Å². The second-order valence-electron chi connectivity index (χ2n) is 8.89. The van der Waals surface area contributed by atoms with Gasteiger partial charge in [-0.15, -0.1) is 0 Å². The van der Waals surface area contributed by atoms with Crippen molar-refractivity contribution in [3.05, 3.63) is 143 Å². The van der Waals surface area contributed by atoms with Crippen LogP contribution >= 0.6 is 11.6 Å². The summed E-state index contributed by atoms with van der Waals surface area (Å²) in [4.78, 5) is 19.3. The molecule has 1 unspecified atom stereocenters. The van der Waals surface area contributed by atoms with Gasteiger partial charge < -0.3 is 4.74 Å². The molecule has 0 saturated heterocycles. The molecule has 0 N–H and O–H groups in total. The zero-order valence-electron chi connectivity index (χ0n) is 20.1. The Morgan fingerprint density at radius 3 is 1.60 bits per heavy atom. The Balaban J connectivity index is 2.13. The summed E-state index contributed by atoms with van der Waals surface area (Å²) in [6.07, 6.45) is 0. The molecule has 0 amide bonds. The van der Waals surface area contributed by atoms with E-state index < -0.39 is 16.9 Å². The summed E-state index contributed by atoms with van der Waals surface area (Å²) < 4.78 is 5.50. The highest BCUT2D eigenvalue weighted by atomic mass is 35.5. The van der Waals surface area contributed by atoms with Gasteiger partial charge in [0.25, 0.3) is 0 Å². The molecule has 0 aliphatic rings. The van der Waals surface area contributed by atoms with Crippen LogP contribution in [0.3, 0.4) is 0 Å². The number of benzene rings is 4. The van der Waals surface area contributed by atoms with E-state index in [0.717, 1.165) is 16.7 Å². The van der Waals surface area contributed by atoms with Crippen molar-refractivity contribution < 1.29 is 9.53 Å². The molecular weight excluding hydrogens is 454 g/mol. The third-order valence-corrected chi connectivity index (χ3v) is 6.77. The molecule has 4 rings (SSSR count). The van der Waals surface area contributed by atoms with Crippen LogP contribution in [0.1, 0.15) is 36.1 Å². The minimum absolute atomic E-state index is 0.446. The highest BCUT2D eigenvalue weighted by Crippen LogP contribution is 2.47. The van der Waals surface area contributed by atoms with Crippen molar-refractivity contribution in [2.75, 3.05) is 7.11 Å². The number of methoxy groups -OCH3 is 1. The molecule has 3 nitrogen and oxygen atoms in total. The highest BCUT2D eigenvalue weighted by molar-refractivity contribution is 6.30. The van der Waals surface area contributed by atoms with Gasteiger partial charge in [0.2, 0.25) is 0 Å². The number of nitrogens with zero attached hydrogens (tertiary/aromatic N) is 1. The van der Waals surface area contributed by atoms with Crippen LogP contribution in [0.4, 0.5) is 0 Å². The van der Waals surface area contributed by atoms with Crippen molar-refractivity contribution in [3.8, 4) is 0 Å². The predicted octanol–water partition coefficient (Wildman–Crippen LogP) is 7.22. The van der Waals surface area contributed by atoms with E-state index in [1.807, 2.05) is 117 Å². The first-order valence-electron chi connectivity index (χ1n) is 11.5. The molecule has 0 fully saturated rings. The lowest BCUT2D eigenvalue weighted by Crippen LogP contribution is -2.51. The van der Waals surface area contributed by atoms with E-state index in [-0.39, 0.29) is 0 Å². The standard InChI is InChI=1S/C31H28ClNO2/c1-30(2,25-17-11-6-12-18-25)31(29(34)35-3,26-19-21-27(32)22-20-26)33-28(23-13-7-4-8-14-23)24-15-9-5-10-16-24/h4-22H,1-3H3. The molecule has 0 aliphatic carbocycles. The van der Waals surface area contributed by atoms with Crippen LogP contribution in [-0.4, -0.2) is 18.8 Å². The van der Waals surface area contributed by atoms with E-state index in [4.69, 9.17) is 21.3 Å². The zero-order chi connectivity index (χ0) is 24.9. The van der Waals surface area contributed by atoms with Crippen molar-refractivity contribution >= 4 is 23.3 Å². The Morgan fingerprint density at radius 1 is 0.686 bits per heavy atom. The molecule has 0 saturated carbocycles. The molecule has 1 atom stereocenters. The van der Waals surface area contributed by atoms with Crippen LogP contribution < -0.4 is 0 Å².